The van der Waals surface area contributed by atoms with Crippen LogP contribution in [-0.4, -0.2) is 49.1 Å². The van der Waals surface area contributed by atoms with E-state index < -0.39 is 0 Å². The molecule has 0 bridgehead atoms. The summed E-state index contributed by atoms with van der Waals surface area (Å²) >= 11 is 0. The van der Waals surface area contributed by atoms with E-state index in [-0.39, 0.29) is 6.04 Å². The zero-order valence-electron chi connectivity index (χ0n) is 13.9. The molecule has 1 heterocycles. The van der Waals surface area contributed by atoms with Crippen LogP contribution in [0.4, 0.5) is 0 Å². The lowest BCUT2D eigenvalue weighted by molar-refractivity contribution is 0.174. The smallest absolute Gasteiger partial charge is 0.0424 e. The first-order valence-corrected chi connectivity index (χ1v) is 8.41. The van der Waals surface area contributed by atoms with E-state index in [1.165, 1.54) is 37.1 Å². The molecule has 1 aliphatic rings. The van der Waals surface area contributed by atoms with Crippen molar-refractivity contribution in [3.05, 3.63) is 35.4 Å². The van der Waals surface area contributed by atoms with Gasteiger partial charge in [0, 0.05) is 25.2 Å². The number of aryl methyl sites for hydroxylation is 1. The Morgan fingerprint density at radius 1 is 1.19 bits per heavy atom. The summed E-state index contributed by atoms with van der Waals surface area (Å²) in [6.45, 7) is 8.99. The Bertz CT molecular complexity index is 415. The largest absolute Gasteiger partial charge is 0.323 e. The molecule has 0 saturated carbocycles. The van der Waals surface area contributed by atoms with Crippen LogP contribution >= 0.6 is 0 Å². The summed E-state index contributed by atoms with van der Waals surface area (Å²) in [5.74, 6) is 0. The van der Waals surface area contributed by atoms with E-state index in [4.69, 9.17) is 5.73 Å². The van der Waals surface area contributed by atoms with E-state index in [9.17, 15) is 0 Å². The quantitative estimate of drug-likeness (QED) is 0.904. The number of hydrogen-bond acceptors (Lipinski definition) is 3. The second-order valence-electron chi connectivity index (χ2n) is 6.37. The number of likely N-dealkylation sites (N-methyl/N-ethyl adjacent to an activating group) is 1. The molecule has 1 aromatic rings. The molecule has 0 radical (unpaired) electrons. The van der Waals surface area contributed by atoms with Crippen molar-refractivity contribution in [1.29, 1.82) is 0 Å². The molecule has 3 heteroatoms. The van der Waals surface area contributed by atoms with Gasteiger partial charge in [-0.3, -0.25) is 4.90 Å². The number of hydrogen-bond donors (Lipinski definition) is 1. The summed E-state index contributed by atoms with van der Waals surface area (Å²) in [6.07, 6.45) is 3.53. The molecule has 1 saturated heterocycles. The third-order valence-corrected chi connectivity index (χ3v) is 4.74. The molecule has 2 unspecified atom stereocenters. The summed E-state index contributed by atoms with van der Waals surface area (Å²) < 4.78 is 0. The van der Waals surface area contributed by atoms with Gasteiger partial charge in [0.05, 0.1) is 0 Å². The fourth-order valence-corrected chi connectivity index (χ4v) is 3.28. The Hall–Kier alpha value is -0.900. The third-order valence-electron chi connectivity index (χ3n) is 4.74. The highest BCUT2D eigenvalue weighted by molar-refractivity contribution is 5.25. The first-order chi connectivity index (χ1) is 10.1. The van der Waals surface area contributed by atoms with Gasteiger partial charge in [-0.25, -0.2) is 0 Å². The average Bonchev–Trinajstić information content (AvgIpc) is 2.68. The van der Waals surface area contributed by atoms with Gasteiger partial charge in [-0.2, -0.15) is 0 Å². The van der Waals surface area contributed by atoms with Crippen molar-refractivity contribution < 1.29 is 0 Å². The maximum absolute atomic E-state index is 6.46. The van der Waals surface area contributed by atoms with Crippen molar-refractivity contribution in [2.45, 2.75) is 45.2 Å². The van der Waals surface area contributed by atoms with Crippen LogP contribution in [0.5, 0.6) is 0 Å². The highest BCUT2D eigenvalue weighted by Crippen LogP contribution is 2.18. The molecule has 1 aliphatic heterocycles. The number of benzene rings is 1. The molecular formula is C18H31N3. The fraction of sp³-hybridized carbons (Fsp3) is 0.667. The maximum atomic E-state index is 6.46. The van der Waals surface area contributed by atoms with Gasteiger partial charge in [0.2, 0.25) is 0 Å². The molecule has 0 aliphatic carbocycles. The highest BCUT2D eigenvalue weighted by atomic mass is 15.2. The van der Waals surface area contributed by atoms with Gasteiger partial charge in [-0.1, -0.05) is 38.1 Å². The number of nitrogens with two attached hydrogens (primary N) is 1. The average molecular weight is 289 g/mol. The zero-order valence-corrected chi connectivity index (χ0v) is 13.9. The molecule has 0 spiro atoms. The summed E-state index contributed by atoms with van der Waals surface area (Å²) in [6, 6.07) is 9.58. The van der Waals surface area contributed by atoms with Gasteiger partial charge in [0.1, 0.15) is 0 Å². The predicted molar refractivity (Wildman–Crippen MR) is 90.5 cm³/mol. The van der Waals surface area contributed by atoms with Crippen LogP contribution in [0.15, 0.2) is 24.3 Å². The highest BCUT2D eigenvalue weighted by Gasteiger charge is 2.23. The lowest BCUT2D eigenvalue weighted by Gasteiger charge is -2.32. The Morgan fingerprint density at radius 2 is 1.90 bits per heavy atom. The number of rotatable bonds is 5. The van der Waals surface area contributed by atoms with Gasteiger partial charge in [-0.15, -0.1) is 0 Å². The molecule has 2 N–H and O–H groups in total. The SMILES string of the molecule is CCc1ccc(C(N)CN2CCCN(C)CC2CC)cc1. The topological polar surface area (TPSA) is 32.5 Å². The van der Waals surface area contributed by atoms with Gasteiger partial charge in [0.25, 0.3) is 0 Å². The molecule has 1 aromatic carbocycles. The Kier molecular flexibility index (Phi) is 6.22. The van der Waals surface area contributed by atoms with Crippen molar-refractivity contribution in [2.24, 2.45) is 5.73 Å². The van der Waals surface area contributed by atoms with E-state index in [1.54, 1.807) is 0 Å². The van der Waals surface area contributed by atoms with Gasteiger partial charge < -0.3 is 10.6 Å². The minimum atomic E-state index is 0.119. The lowest BCUT2D eigenvalue weighted by atomic mass is 10.0. The number of nitrogens with zero attached hydrogens (tertiary/aromatic N) is 2. The van der Waals surface area contributed by atoms with Crippen molar-refractivity contribution in [3.63, 3.8) is 0 Å². The molecule has 2 atom stereocenters. The Labute approximate surface area is 130 Å². The fourth-order valence-electron chi connectivity index (χ4n) is 3.28. The van der Waals surface area contributed by atoms with Crippen LogP contribution in [0.3, 0.4) is 0 Å². The van der Waals surface area contributed by atoms with E-state index in [0.717, 1.165) is 19.5 Å². The van der Waals surface area contributed by atoms with Gasteiger partial charge in [0.15, 0.2) is 0 Å². The standard InChI is InChI=1S/C18H31N3/c1-4-15-7-9-16(10-8-15)18(19)14-21-12-6-11-20(3)13-17(21)5-2/h7-10,17-18H,4-6,11-14,19H2,1-3H3. The molecule has 3 nitrogen and oxygen atoms in total. The molecule has 0 amide bonds. The molecular weight excluding hydrogens is 258 g/mol. The Balaban J connectivity index is 2.00. The molecule has 0 aromatic heterocycles. The monoisotopic (exact) mass is 289 g/mol. The van der Waals surface area contributed by atoms with Crippen LogP contribution in [-0.2, 0) is 6.42 Å². The molecule has 21 heavy (non-hydrogen) atoms. The van der Waals surface area contributed by atoms with E-state index >= 15 is 0 Å². The maximum Gasteiger partial charge on any atom is 0.0424 e. The minimum absolute atomic E-state index is 0.119. The van der Waals surface area contributed by atoms with Gasteiger partial charge in [-0.05, 0) is 50.5 Å². The second kappa shape index (κ2) is 7.92. The van der Waals surface area contributed by atoms with E-state index in [2.05, 4.69) is 55.0 Å². The second-order valence-corrected chi connectivity index (χ2v) is 6.37. The summed E-state index contributed by atoms with van der Waals surface area (Å²) in [4.78, 5) is 5.05. The van der Waals surface area contributed by atoms with E-state index in [1.807, 2.05) is 0 Å². The predicted octanol–water partition coefficient (Wildman–Crippen LogP) is 2.66. The first-order valence-electron chi connectivity index (χ1n) is 8.41. The van der Waals surface area contributed by atoms with Crippen LogP contribution in [0, 0.1) is 0 Å². The third kappa shape index (κ3) is 4.53. The van der Waals surface area contributed by atoms with Crippen LogP contribution in [0.1, 0.15) is 43.9 Å². The van der Waals surface area contributed by atoms with Crippen LogP contribution in [0.2, 0.25) is 0 Å². The van der Waals surface area contributed by atoms with Crippen LogP contribution < -0.4 is 5.73 Å². The molecule has 2 rings (SSSR count). The zero-order chi connectivity index (χ0) is 15.2. The van der Waals surface area contributed by atoms with Gasteiger partial charge >= 0.3 is 0 Å². The van der Waals surface area contributed by atoms with Crippen molar-refractivity contribution in [2.75, 3.05) is 33.2 Å². The summed E-state index contributed by atoms with van der Waals surface area (Å²) in [5, 5.41) is 0. The lowest BCUT2D eigenvalue weighted by Crippen LogP contribution is -2.43. The molecule has 1 fully saturated rings. The summed E-state index contributed by atoms with van der Waals surface area (Å²) in [7, 11) is 2.23. The van der Waals surface area contributed by atoms with Crippen molar-refractivity contribution in [3.8, 4) is 0 Å². The summed E-state index contributed by atoms with van der Waals surface area (Å²) in [5.41, 5.74) is 9.11. The Morgan fingerprint density at radius 3 is 2.52 bits per heavy atom. The van der Waals surface area contributed by atoms with Crippen molar-refractivity contribution >= 4 is 0 Å². The normalized spacial score (nSPS) is 23.0. The van der Waals surface area contributed by atoms with Crippen LogP contribution in [0.25, 0.3) is 0 Å². The van der Waals surface area contributed by atoms with E-state index in [0.29, 0.717) is 6.04 Å². The first kappa shape index (κ1) is 16.5. The van der Waals surface area contributed by atoms with Crippen molar-refractivity contribution in [1.82, 2.24) is 9.80 Å². The molecule has 118 valence electrons. The minimum Gasteiger partial charge on any atom is -0.323 e.